The van der Waals surface area contributed by atoms with Gasteiger partial charge in [-0.25, -0.2) is 4.98 Å². The van der Waals surface area contributed by atoms with Gasteiger partial charge in [-0.3, -0.25) is 0 Å². The molecule has 0 aliphatic carbocycles. The molecule has 0 radical (unpaired) electrons. The molecular formula is C7H12N4. The quantitative estimate of drug-likeness (QED) is 0.600. The number of hydrogen-bond acceptors (Lipinski definition) is 3. The molecular weight excluding hydrogens is 140 g/mol. The first-order valence-corrected chi connectivity index (χ1v) is 3.83. The molecule has 0 aromatic carbocycles. The van der Waals surface area contributed by atoms with E-state index in [1.165, 1.54) is 0 Å². The van der Waals surface area contributed by atoms with E-state index in [4.69, 9.17) is 5.73 Å². The van der Waals surface area contributed by atoms with Gasteiger partial charge in [0.2, 0.25) is 0 Å². The Balaban J connectivity index is 2.20. The predicted molar refractivity (Wildman–Crippen MR) is 42.0 cm³/mol. The first-order valence-electron chi connectivity index (χ1n) is 3.83. The molecule has 2 heterocycles. The zero-order valence-corrected chi connectivity index (χ0v) is 6.33. The zero-order chi connectivity index (χ0) is 7.68. The second kappa shape index (κ2) is 2.64. The van der Waals surface area contributed by atoms with Gasteiger partial charge in [0, 0.05) is 25.8 Å². The van der Waals surface area contributed by atoms with Crippen LogP contribution in [0.4, 0.5) is 0 Å². The van der Waals surface area contributed by atoms with Crippen LogP contribution in [0.1, 0.15) is 11.7 Å². The Bertz CT molecular complexity index is 238. The summed E-state index contributed by atoms with van der Waals surface area (Å²) in [5.41, 5.74) is 6.65. The molecule has 0 spiro atoms. The summed E-state index contributed by atoms with van der Waals surface area (Å²) in [7, 11) is 0. The van der Waals surface area contributed by atoms with Crippen molar-refractivity contribution in [3.05, 3.63) is 18.2 Å². The Morgan fingerprint density at radius 2 is 2.55 bits per heavy atom. The highest BCUT2D eigenvalue weighted by atomic mass is 15.2. The molecule has 1 aromatic rings. The average molecular weight is 152 g/mol. The van der Waals surface area contributed by atoms with Crippen molar-refractivity contribution in [3.8, 4) is 0 Å². The van der Waals surface area contributed by atoms with Crippen molar-refractivity contribution in [3.63, 3.8) is 0 Å². The van der Waals surface area contributed by atoms with Crippen LogP contribution in [-0.4, -0.2) is 22.6 Å². The number of imidazole rings is 1. The molecule has 1 aromatic heterocycles. The van der Waals surface area contributed by atoms with E-state index in [1.807, 2.05) is 12.5 Å². The number of hydrogen-bond donors (Lipinski definition) is 2. The Kier molecular flexibility index (Phi) is 1.63. The maximum Gasteiger partial charge on any atom is 0.0952 e. The van der Waals surface area contributed by atoms with Crippen molar-refractivity contribution in [1.29, 1.82) is 0 Å². The van der Waals surface area contributed by atoms with E-state index in [1.54, 1.807) is 0 Å². The summed E-state index contributed by atoms with van der Waals surface area (Å²) in [4.78, 5) is 4.05. The van der Waals surface area contributed by atoms with E-state index >= 15 is 0 Å². The van der Waals surface area contributed by atoms with Crippen LogP contribution in [0.25, 0.3) is 0 Å². The van der Waals surface area contributed by atoms with Crippen LogP contribution in [0.5, 0.6) is 0 Å². The lowest BCUT2D eigenvalue weighted by atomic mass is 10.2. The minimum Gasteiger partial charge on any atom is -0.328 e. The molecule has 3 N–H and O–H groups in total. The monoisotopic (exact) mass is 152 g/mol. The van der Waals surface area contributed by atoms with Crippen LogP contribution in [0.2, 0.25) is 0 Å². The second-order valence-corrected chi connectivity index (χ2v) is 2.81. The van der Waals surface area contributed by atoms with Crippen LogP contribution < -0.4 is 11.1 Å². The van der Waals surface area contributed by atoms with Crippen LogP contribution in [0.15, 0.2) is 12.5 Å². The Hall–Kier alpha value is -0.870. The van der Waals surface area contributed by atoms with E-state index in [-0.39, 0.29) is 0 Å². The molecule has 60 valence electrons. The van der Waals surface area contributed by atoms with Gasteiger partial charge in [0.15, 0.2) is 0 Å². The molecule has 11 heavy (non-hydrogen) atoms. The molecule has 0 amide bonds. The molecule has 0 saturated carbocycles. The van der Waals surface area contributed by atoms with E-state index in [0.29, 0.717) is 12.6 Å². The van der Waals surface area contributed by atoms with Gasteiger partial charge in [-0.2, -0.15) is 0 Å². The van der Waals surface area contributed by atoms with Crippen molar-refractivity contribution in [2.75, 3.05) is 13.1 Å². The second-order valence-electron chi connectivity index (χ2n) is 2.81. The normalized spacial score (nSPS) is 18.3. The minimum atomic E-state index is 0.580. The molecule has 0 unspecified atom stereocenters. The van der Waals surface area contributed by atoms with Crippen molar-refractivity contribution in [2.45, 2.75) is 12.6 Å². The Morgan fingerprint density at radius 3 is 3.09 bits per heavy atom. The Morgan fingerprint density at radius 1 is 1.73 bits per heavy atom. The van der Waals surface area contributed by atoms with E-state index in [0.717, 1.165) is 18.8 Å². The summed E-state index contributed by atoms with van der Waals surface area (Å²) in [6.07, 6.45) is 3.69. The van der Waals surface area contributed by atoms with Gasteiger partial charge in [-0.15, -0.1) is 0 Å². The molecule has 1 aliphatic heterocycles. The number of nitrogens with one attached hydrogen (secondary N) is 1. The fraction of sp³-hybridized carbons (Fsp3) is 0.571. The summed E-state index contributed by atoms with van der Waals surface area (Å²) >= 11 is 0. The van der Waals surface area contributed by atoms with Crippen molar-refractivity contribution >= 4 is 0 Å². The number of aromatic nitrogens is 2. The molecule has 0 atom stereocenters. The highest BCUT2D eigenvalue weighted by Gasteiger charge is 2.19. The summed E-state index contributed by atoms with van der Waals surface area (Å²) in [5, 5.41) is 3.21. The number of nitrogens with zero attached hydrogens (tertiary/aromatic N) is 2. The summed E-state index contributed by atoms with van der Waals surface area (Å²) < 4.78 is 2.15. The van der Waals surface area contributed by atoms with Gasteiger partial charge < -0.3 is 15.6 Å². The van der Waals surface area contributed by atoms with Gasteiger partial charge in [0.25, 0.3) is 0 Å². The minimum absolute atomic E-state index is 0.580. The lowest BCUT2D eigenvalue weighted by Crippen LogP contribution is -2.43. The Labute approximate surface area is 65.4 Å². The lowest BCUT2D eigenvalue weighted by molar-refractivity contribution is 0.336. The number of rotatable bonds is 2. The van der Waals surface area contributed by atoms with Crippen LogP contribution in [0.3, 0.4) is 0 Å². The molecule has 4 heteroatoms. The van der Waals surface area contributed by atoms with Gasteiger partial charge >= 0.3 is 0 Å². The van der Waals surface area contributed by atoms with Gasteiger partial charge in [0.1, 0.15) is 0 Å². The van der Waals surface area contributed by atoms with Gasteiger partial charge in [-0.05, 0) is 0 Å². The highest BCUT2D eigenvalue weighted by Crippen LogP contribution is 2.13. The molecule has 0 bridgehead atoms. The first-order chi connectivity index (χ1) is 5.42. The topological polar surface area (TPSA) is 55.9 Å². The average Bonchev–Trinajstić information content (AvgIpc) is 2.32. The van der Waals surface area contributed by atoms with Crippen molar-refractivity contribution in [1.82, 2.24) is 14.9 Å². The molecule has 2 rings (SSSR count). The zero-order valence-electron chi connectivity index (χ0n) is 6.33. The maximum atomic E-state index is 5.53. The first kappa shape index (κ1) is 6.82. The van der Waals surface area contributed by atoms with Crippen LogP contribution in [-0.2, 0) is 6.54 Å². The third-order valence-corrected chi connectivity index (χ3v) is 2.11. The number of nitrogens with two attached hydrogens (primary N) is 1. The molecule has 1 aliphatic rings. The van der Waals surface area contributed by atoms with Crippen molar-refractivity contribution < 1.29 is 0 Å². The molecule has 1 fully saturated rings. The third-order valence-electron chi connectivity index (χ3n) is 2.11. The van der Waals surface area contributed by atoms with Gasteiger partial charge in [0.05, 0.1) is 18.1 Å². The summed E-state index contributed by atoms with van der Waals surface area (Å²) in [5.74, 6) is 0. The molecule has 4 nitrogen and oxygen atoms in total. The van der Waals surface area contributed by atoms with Crippen LogP contribution in [0, 0.1) is 0 Å². The smallest absolute Gasteiger partial charge is 0.0952 e. The van der Waals surface area contributed by atoms with E-state index in [2.05, 4.69) is 14.9 Å². The fourth-order valence-corrected chi connectivity index (χ4v) is 1.29. The summed E-state index contributed by atoms with van der Waals surface area (Å²) in [6.45, 7) is 2.67. The highest BCUT2D eigenvalue weighted by molar-refractivity contribution is 5.02. The summed E-state index contributed by atoms with van der Waals surface area (Å²) in [6, 6.07) is 0.580. The molecule has 1 saturated heterocycles. The van der Waals surface area contributed by atoms with Gasteiger partial charge in [-0.1, -0.05) is 0 Å². The van der Waals surface area contributed by atoms with Crippen LogP contribution >= 0.6 is 0 Å². The third kappa shape index (κ3) is 1.04. The SMILES string of the molecule is NCc1cncn1C1CNC1. The standard InChI is InChI=1S/C7H12N4/c8-1-6-2-10-5-11(6)7-3-9-4-7/h2,5,7,9H,1,3-4,8H2. The van der Waals surface area contributed by atoms with Crippen molar-refractivity contribution in [2.24, 2.45) is 5.73 Å². The maximum absolute atomic E-state index is 5.53. The largest absolute Gasteiger partial charge is 0.328 e. The lowest BCUT2D eigenvalue weighted by Gasteiger charge is -2.29. The fourth-order valence-electron chi connectivity index (χ4n) is 1.29. The predicted octanol–water partition coefficient (Wildman–Crippen LogP) is -0.514. The van der Waals surface area contributed by atoms with E-state index in [9.17, 15) is 0 Å². The van der Waals surface area contributed by atoms with E-state index < -0.39 is 0 Å².